The maximum absolute atomic E-state index is 12.4. The Morgan fingerprint density at radius 2 is 1.24 bits per heavy atom. The largest absolute Gasteiger partial charge is 0.465 e. The van der Waals surface area contributed by atoms with E-state index < -0.39 is 30.1 Å². The fraction of sp³-hybridized carbons (Fsp3) is 0.407. The molecule has 2 saturated heterocycles. The van der Waals surface area contributed by atoms with E-state index in [1.165, 1.54) is 23.9 Å². The third kappa shape index (κ3) is 28.6. The van der Waals surface area contributed by atoms with Crippen LogP contribution in [0, 0.1) is 0 Å². The molecule has 2 aliphatic rings. The number of aliphatic imine (C=N–C) groups is 2. The van der Waals surface area contributed by atoms with Gasteiger partial charge in [0.2, 0.25) is 11.8 Å². The standard InChI is InChI=1S/C15H19BN2O4.C12H14N2O2.C12H18N2.C11H15NO2.C4H6BNO3/c1-3-22-14(19)10-18(9-13-7-5-4-6-8-13)15(20)12(2)17-11-16-21;1-9-12(16)14(8-11(15)13-9)7-10-5-3-2-4-6-10;1-11-9-14(8-7-13-11)10-12-5-3-2-4-6-12;1-2-14-11(13)9-12-8-10-6-4-3-5-7-10;1-3(4(7)8)6-2-5-9/h4-8,11-12H,3,9-10H2,1-2H3;2-6,9H,7-8H2,1H3,(H,13,15);2-6,11,13H,7-10H2,1H3;3-7,12H,2,8-9H2,1H3;2-3H,1H3,(H,7,8). The number of nitrogens with one attached hydrogen (secondary N) is 3. The molecule has 4 atom stereocenters. The molecular weight excluding hydrogens is 958 g/mol. The van der Waals surface area contributed by atoms with Gasteiger partial charge in [0.05, 0.1) is 19.7 Å². The van der Waals surface area contributed by atoms with Crippen molar-refractivity contribution in [1.29, 1.82) is 0 Å². The Bertz CT molecular complexity index is 2370. The first kappa shape index (κ1) is 63.8. The normalized spacial score (nSPS) is 15.7. The van der Waals surface area contributed by atoms with Crippen molar-refractivity contribution in [3.05, 3.63) is 144 Å². The molecule has 4 unspecified atom stereocenters. The molecule has 4 aromatic carbocycles. The van der Waals surface area contributed by atoms with E-state index in [1.54, 1.807) is 32.6 Å². The summed E-state index contributed by atoms with van der Waals surface area (Å²) in [5, 5.41) is 17.3. The van der Waals surface area contributed by atoms with Crippen LogP contribution < -0.4 is 16.0 Å². The zero-order valence-corrected chi connectivity index (χ0v) is 43.9. The SMILES string of the molecule is CC(N=CB=O)C(=O)O.CC1CN(Cc2ccccc2)CCN1.CC1NC(=O)CN(Cc2ccccc2)C1=O.CCOC(=O)CN(Cc1ccccc1)C(=O)C(C)N=CB=O.CCOC(=O)CNCc1ccccc1. The second-order valence-electron chi connectivity index (χ2n) is 17.0. The van der Waals surface area contributed by atoms with Crippen molar-refractivity contribution >= 4 is 62.2 Å². The molecular formula is C54H72B2N8O11. The second-order valence-corrected chi connectivity index (χ2v) is 17.0. The number of rotatable bonds is 20. The van der Waals surface area contributed by atoms with Crippen LogP contribution in [0.15, 0.2) is 131 Å². The van der Waals surface area contributed by atoms with E-state index in [-0.39, 0.29) is 56.5 Å². The van der Waals surface area contributed by atoms with Crippen molar-refractivity contribution in [2.75, 3.05) is 52.5 Å². The molecule has 6 rings (SSSR count). The molecule has 19 nitrogen and oxygen atoms in total. The van der Waals surface area contributed by atoms with Gasteiger partial charge in [0.25, 0.3) is 0 Å². The van der Waals surface area contributed by atoms with E-state index in [2.05, 4.69) is 68.1 Å². The maximum atomic E-state index is 12.4. The van der Waals surface area contributed by atoms with Crippen LogP contribution in [0.3, 0.4) is 0 Å². The van der Waals surface area contributed by atoms with Crippen molar-refractivity contribution in [2.45, 2.75) is 91.9 Å². The van der Waals surface area contributed by atoms with E-state index in [0.29, 0.717) is 40.0 Å². The van der Waals surface area contributed by atoms with Crippen molar-refractivity contribution in [1.82, 2.24) is 30.7 Å². The van der Waals surface area contributed by atoms with Crippen LogP contribution in [0.25, 0.3) is 0 Å². The molecule has 400 valence electrons. The average molecular weight is 1030 g/mol. The average Bonchev–Trinajstić information content (AvgIpc) is 3.40. The van der Waals surface area contributed by atoms with Gasteiger partial charge in [-0.15, -0.1) is 0 Å². The Hall–Kier alpha value is -7.35. The Kier molecular flexibility index (Phi) is 32.5. The summed E-state index contributed by atoms with van der Waals surface area (Å²) in [4.78, 5) is 80.7. The number of piperazine rings is 2. The number of hydrogen-bond acceptors (Lipinski definition) is 15. The molecule has 0 bridgehead atoms. The molecule has 2 fully saturated rings. The van der Waals surface area contributed by atoms with Crippen molar-refractivity contribution in [3.63, 3.8) is 0 Å². The molecule has 3 amide bonds. The van der Waals surface area contributed by atoms with Crippen LogP contribution in [0.5, 0.6) is 0 Å². The predicted octanol–water partition coefficient (Wildman–Crippen LogP) is 3.94. The Balaban J connectivity index is 0.000000329. The summed E-state index contributed by atoms with van der Waals surface area (Å²) in [6.45, 7) is 17.4. The van der Waals surface area contributed by atoms with Gasteiger partial charge in [-0.05, 0) is 37.5 Å². The monoisotopic (exact) mass is 1030 g/mol. The topological polar surface area (TPSA) is 246 Å². The van der Waals surface area contributed by atoms with Gasteiger partial charge in [-0.3, -0.25) is 19.3 Å². The maximum Gasteiger partial charge on any atom is 0.319 e. The van der Waals surface area contributed by atoms with E-state index in [9.17, 15) is 38.2 Å². The number of esters is 2. The fourth-order valence-electron chi connectivity index (χ4n) is 7.02. The quantitative estimate of drug-likeness (QED) is 0.0557. The smallest absolute Gasteiger partial charge is 0.319 e. The number of ether oxygens (including phenoxy) is 2. The molecule has 4 N–H and O–H groups in total. The van der Waals surface area contributed by atoms with Crippen LogP contribution in [-0.4, -0.2) is 159 Å². The third-order valence-corrected chi connectivity index (χ3v) is 10.7. The first-order valence-electron chi connectivity index (χ1n) is 24.8. The number of carboxylic acid groups (broad SMARTS) is 1. The second kappa shape index (κ2) is 38.3. The van der Waals surface area contributed by atoms with Crippen LogP contribution in [0.4, 0.5) is 0 Å². The molecule has 0 radical (unpaired) electrons. The number of aliphatic carboxylic acids is 1. The van der Waals surface area contributed by atoms with Crippen LogP contribution in [0.1, 0.15) is 63.8 Å². The summed E-state index contributed by atoms with van der Waals surface area (Å²) < 4.78 is 29.6. The Morgan fingerprint density at radius 3 is 1.75 bits per heavy atom. The van der Waals surface area contributed by atoms with E-state index in [4.69, 9.17) is 14.6 Å². The van der Waals surface area contributed by atoms with E-state index in [1.807, 2.05) is 91.0 Å². The molecule has 0 aromatic heterocycles. The number of amides is 3. The number of nitrogens with zero attached hydrogens (tertiary/aromatic N) is 5. The zero-order chi connectivity index (χ0) is 55.2. The molecule has 0 spiro atoms. The zero-order valence-electron chi connectivity index (χ0n) is 43.9. The third-order valence-electron chi connectivity index (χ3n) is 10.7. The molecule has 75 heavy (non-hydrogen) atoms. The minimum Gasteiger partial charge on any atom is -0.465 e. The van der Waals surface area contributed by atoms with Gasteiger partial charge >= 0.3 is 187 Å². The summed E-state index contributed by atoms with van der Waals surface area (Å²) in [5.74, 6) is -2.17. The summed E-state index contributed by atoms with van der Waals surface area (Å²) in [7, 11) is 0.954. The van der Waals surface area contributed by atoms with Crippen LogP contribution >= 0.6 is 0 Å². The number of hydrogen-bond donors (Lipinski definition) is 4. The molecule has 4 aromatic rings. The number of benzene rings is 4. The summed E-state index contributed by atoms with van der Waals surface area (Å²) >= 11 is 0. The Morgan fingerprint density at radius 1 is 0.747 bits per heavy atom. The van der Waals surface area contributed by atoms with Crippen LogP contribution in [-0.2, 0) is 73.8 Å². The number of carboxylic acids is 1. The first-order chi connectivity index (χ1) is 36.1. The summed E-state index contributed by atoms with van der Waals surface area (Å²) in [5.41, 5.74) is 4.52. The van der Waals surface area contributed by atoms with E-state index >= 15 is 0 Å². The Labute approximate surface area is 442 Å². The fourth-order valence-corrected chi connectivity index (χ4v) is 7.02. The van der Waals surface area contributed by atoms with Gasteiger partial charge in [0.1, 0.15) is 6.04 Å². The molecule has 2 heterocycles. The summed E-state index contributed by atoms with van der Waals surface area (Å²) in [6.07, 6.45) is 1.96. The van der Waals surface area contributed by atoms with Gasteiger partial charge in [0, 0.05) is 45.3 Å². The minimum atomic E-state index is -1.03. The van der Waals surface area contributed by atoms with Gasteiger partial charge < -0.3 is 25.6 Å². The van der Waals surface area contributed by atoms with Gasteiger partial charge in [0.15, 0.2) is 0 Å². The molecule has 0 aliphatic carbocycles. The first-order valence-corrected chi connectivity index (χ1v) is 24.8. The molecule has 2 aliphatic heterocycles. The van der Waals surface area contributed by atoms with Gasteiger partial charge in [-0.1, -0.05) is 91.0 Å². The number of carbonyl (C=O) groups excluding carboxylic acids is 5. The van der Waals surface area contributed by atoms with Crippen LogP contribution in [0.2, 0.25) is 0 Å². The van der Waals surface area contributed by atoms with Gasteiger partial charge in [-0.25, -0.2) is 0 Å². The molecule has 21 heteroatoms. The number of carbonyl (C=O) groups is 6. The molecule has 0 saturated carbocycles. The summed E-state index contributed by atoms with van der Waals surface area (Å²) in [6, 6.07) is 38.3. The van der Waals surface area contributed by atoms with Crippen molar-refractivity contribution < 1.29 is 52.8 Å². The van der Waals surface area contributed by atoms with E-state index in [0.717, 1.165) is 48.6 Å². The predicted molar refractivity (Wildman–Crippen MR) is 288 cm³/mol. The van der Waals surface area contributed by atoms with Gasteiger partial charge in [-0.2, -0.15) is 0 Å². The van der Waals surface area contributed by atoms with Crippen molar-refractivity contribution in [3.8, 4) is 0 Å². The van der Waals surface area contributed by atoms with Crippen molar-refractivity contribution in [2.24, 2.45) is 9.98 Å². The minimum absolute atomic E-state index is 0.0246.